The van der Waals surface area contributed by atoms with Crippen LogP contribution in [0.15, 0.2) is 41.4 Å². The highest BCUT2D eigenvalue weighted by Crippen LogP contribution is 2.39. The number of nitrogens with one attached hydrogen (secondary N) is 2. The summed E-state index contributed by atoms with van der Waals surface area (Å²) >= 11 is 0. The Labute approximate surface area is 155 Å². The molecule has 0 unspecified atom stereocenters. The van der Waals surface area contributed by atoms with Crippen LogP contribution in [0.3, 0.4) is 0 Å². The number of rotatable bonds is 7. The van der Waals surface area contributed by atoms with E-state index in [1.165, 1.54) is 11.1 Å². The average molecular weight is 357 g/mol. The Morgan fingerprint density at radius 2 is 1.50 bits per heavy atom. The van der Waals surface area contributed by atoms with Crippen molar-refractivity contribution in [2.24, 2.45) is 4.99 Å². The predicted molar refractivity (Wildman–Crippen MR) is 104 cm³/mol. The van der Waals surface area contributed by atoms with Crippen LogP contribution >= 0.6 is 0 Å². The monoisotopic (exact) mass is 357 g/mol. The molecule has 0 amide bonds. The normalized spacial score (nSPS) is 11.0. The lowest BCUT2D eigenvalue weighted by Crippen LogP contribution is -2.36. The van der Waals surface area contributed by atoms with Crippen molar-refractivity contribution in [3.05, 3.63) is 53.1 Å². The molecule has 2 rings (SSSR count). The Balaban J connectivity index is 2.05. The molecule has 0 heterocycles. The van der Waals surface area contributed by atoms with Crippen molar-refractivity contribution in [3.8, 4) is 17.2 Å². The van der Waals surface area contributed by atoms with Gasteiger partial charge in [0.15, 0.2) is 17.5 Å². The lowest BCUT2D eigenvalue weighted by molar-refractivity contribution is 0.322. The number of guanidine groups is 1. The Bertz CT molecular complexity index is 760. The molecular weight excluding hydrogens is 330 g/mol. The van der Waals surface area contributed by atoms with E-state index in [0.29, 0.717) is 36.3 Å². The summed E-state index contributed by atoms with van der Waals surface area (Å²) in [6.07, 6.45) is 0. The van der Waals surface area contributed by atoms with Gasteiger partial charge in [0.1, 0.15) is 0 Å². The van der Waals surface area contributed by atoms with Crippen molar-refractivity contribution >= 4 is 5.96 Å². The molecule has 0 bridgehead atoms. The van der Waals surface area contributed by atoms with Crippen molar-refractivity contribution in [3.63, 3.8) is 0 Å². The second kappa shape index (κ2) is 9.56. The summed E-state index contributed by atoms with van der Waals surface area (Å²) in [6, 6.07) is 12.1. The molecule has 2 aromatic carbocycles. The third-order valence-electron chi connectivity index (χ3n) is 4.16. The van der Waals surface area contributed by atoms with Crippen LogP contribution in [0, 0.1) is 6.92 Å². The number of aryl methyl sites for hydroxylation is 1. The molecule has 0 atom stereocenters. The Morgan fingerprint density at radius 3 is 2.08 bits per heavy atom. The van der Waals surface area contributed by atoms with Crippen molar-refractivity contribution in [2.75, 3.05) is 28.4 Å². The molecule has 140 valence electrons. The second-order valence-electron chi connectivity index (χ2n) is 5.70. The summed E-state index contributed by atoms with van der Waals surface area (Å²) in [7, 11) is 6.57. The lowest BCUT2D eigenvalue weighted by atomic mass is 10.1. The summed E-state index contributed by atoms with van der Waals surface area (Å²) in [4.78, 5) is 4.28. The third kappa shape index (κ3) is 4.59. The maximum Gasteiger partial charge on any atom is 0.203 e. The minimum Gasteiger partial charge on any atom is -0.493 e. The SMILES string of the molecule is CN=C(NCc1ccccc1C)NCc1ccc(OC)c(OC)c1OC. The lowest BCUT2D eigenvalue weighted by Gasteiger charge is -2.17. The van der Waals surface area contributed by atoms with E-state index in [9.17, 15) is 0 Å². The predicted octanol–water partition coefficient (Wildman–Crippen LogP) is 2.89. The quantitative estimate of drug-likeness (QED) is 0.589. The van der Waals surface area contributed by atoms with E-state index >= 15 is 0 Å². The van der Waals surface area contributed by atoms with E-state index in [1.807, 2.05) is 24.3 Å². The van der Waals surface area contributed by atoms with Crippen molar-refractivity contribution < 1.29 is 14.2 Å². The number of hydrogen-bond acceptors (Lipinski definition) is 4. The van der Waals surface area contributed by atoms with E-state index < -0.39 is 0 Å². The molecule has 0 fully saturated rings. The summed E-state index contributed by atoms with van der Waals surface area (Å²) in [5.41, 5.74) is 3.43. The van der Waals surface area contributed by atoms with Crippen molar-refractivity contribution in [1.82, 2.24) is 10.6 Å². The molecule has 0 aromatic heterocycles. The van der Waals surface area contributed by atoms with Gasteiger partial charge in [0, 0.05) is 25.7 Å². The van der Waals surface area contributed by atoms with Crippen LogP contribution in [0.5, 0.6) is 17.2 Å². The highest BCUT2D eigenvalue weighted by molar-refractivity contribution is 5.79. The third-order valence-corrected chi connectivity index (χ3v) is 4.16. The topological polar surface area (TPSA) is 64.1 Å². The van der Waals surface area contributed by atoms with Gasteiger partial charge in [0.2, 0.25) is 5.75 Å². The highest BCUT2D eigenvalue weighted by Gasteiger charge is 2.15. The summed E-state index contributed by atoms with van der Waals surface area (Å²) in [6.45, 7) is 3.34. The van der Waals surface area contributed by atoms with Gasteiger partial charge in [-0.2, -0.15) is 0 Å². The van der Waals surface area contributed by atoms with Gasteiger partial charge in [0.25, 0.3) is 0 Å². The van der Waals surface area contributed by atoms with Crippen LogP contribution in [-0.2, 0) is 13.1 Å². The van der Waals surface area contributed by atoms with Gasteiger partial charge in [-0.05, 0) is 30.2 Å². The van der Waals surface area contributed by atoms with E-state index in [-0.39, 0.29) is 0 Å². The Kier molecular flexibility index (Phi) is 7.14. The minimum absolute atomic E-state index is 0.539. The first-order valence-corrected chi connectivity index (χ1v) is 8.41. The van der Waals surface area contributed by atoms with Crippen LogP contribution in [-0.4, -0.2) is 34.3 Å². The molecule has 6 nitrogen and oxygen atoms in total. The fourth-order valence-corrected chi connectivity index (χ4v) is 2.69. The van der Waals surface area contributed by atoms with Gasteiger partial charge in [-0.3, -0.25) is 4.99 Å². The Hall–Kier alpha value is -2.89. The molecule has 0 saturated carbocycles. The zero-order valence-electron chi connectivity index (χ0n) is 16.1. The van der Waals surface area contributed by atoms with Crippen LogP contribution in [0.4, 0.5) is 0 Å². The maximum absolute atomic E-state index is 5.52. The van der Waals surface area contributed by atoms with Gasteiger partial charge in [0.05, 0.1) is 21.3 Å². The largest absolute Gasteiger partial charge is 0.493 e. The molecule has 2 N–H and O–H groups in total. The molecule has 0 spiro atoms. The van der Waals surface area contributed by atoms with Crippen LogP contribution in [0.1, 0.15) is 16.7 Å². The first-order chi connectivity index (χ1) is 12.6. The molecule has 0 radical (unpaired) electrons. The maximum atomic E-state index is 5.52. The average Bonchev–Trinajstić information content (AvgIpc) is 2.68. The number of nitrogens with zero attached hydrogens (tertiary/aromatic N) is 1. The van der Waals surface area contributed by atoms with E-state index in [2.05, 4.69) is 34.7 Å². The van der Waals surface area contributed by atoms with Gasteiger partial charge in [-0.15, -0.1) is 0 Å². The standard InChI is InChI=1S/C20H27N3O3/c1-14-8-6-7-9-15(14)12-22-20(21-2)23-13-16-10-11-17(24-3)19(26-5)18(16)25-4/h6-11H,12-13H2,1-5H3,(H2,21,22,23). The number of ether oxygens (including phenoxy) is 3. The number of methoxy groups -OCH3 is 3. The fraction of sp³-hybridized carbons (Fsp3) is 0.350. The molecule has 0 aliphatic heterocycles. The smallest absolute Gasteiger partial charge is 0.203 e. The van der Waals surface area contributed by atoms with Crippen molar-refractivity contribution in [2.45, 2.75) is 20.0 Å². The molecule has 2 aromatic rings. The highest BCUT2D eigenvalue weighted by atomic mass is 16.5. The van der Waals surface area contributed by atoms with Gasteiger partial charge in [-0.1, -0.05) is 24.3 Å². The molecule has 26 heavy (non-hydrogen) atoms. The zero-order chi connectivity index (χ0) is 18.9. The van der Waals surface area contributed by atoms with Crippen LogP contribution < -0.4 is 24.8 Å². The minimum atomic E-state index is 0.539. The van der Waals surface area contributed by atoms with Gasteiger partial charge in [-0.25, -0.2) is 0 Å². The number of benzene rings is 2. The Morgan fingerprint density at radius 1 is 0.846 bits per heavy atom. The van der Waals surface area contributed by atoms with E-state index in [4.69, 9.17) is 14.2 Å². The summed E-state index contributed by atoms with van der Waals surface area (Å²) < 4.78 is 16.3. The van der Waals surface area contributed by atoms with Crippen LogP contribution in [0.2, 0.25) is 0 Å². The fourth-order valence-electron chi connectivity index (χ4n) is 2.69. The van der Waals surface area contributed by atoms with Crippen LogP contribution in [0.25, 0.3) is 0 Å². The summed E-state index contributed by atoms with van der Waals surface area (Å²) in [5.74, 6) is 2.58. The van der Waals surface area contributed by atoms with E-state index in [0.717, 1.165) is 5.56 Å². The first-order valence-electron chi connectivity index (χ1n) is 8.41. The van der Waals surface area contributed by atoms with Gasteiger partial charge < -0.3 is 24.8 Å². The molecular formula is C20H27N3O3. The van der Waals surface area contributed by atoms with Crippen molar-refractivity contribution in [1.29, 1.82) is 0 Å². The first kappa shape index (κ1) is 19.4. The molecule has 0 saturated heterocycles. The zero-order valence-corrected chi connectivity index (χ0v) is 16.1. The number of aliphatic imine (C=N–C) groups is 1. The number of hydrogen-bond donors (Lipinski definition) is 2. The van der Waals surface area contributed by atoms with E-state index in [1.54, 1.807) is 28.4 Å². The molecule has 0 aliphatic carbocycles. The second-order valence-corrected chi connectivity index (χ2v) is 5.70. The van der Waals surface area contributed by atoms with Gasteiger partial charge >= 0.3 is 0 Å². The summed E-state index contributed by atoms with van der Waals surface area (Å²) in [5, 5.41) is 6.63. The molecule has 0 aliphatic rings. The molecule has 6 heteroatoms.